The van der Waals surface area contributed by atoms with Crippen molar-refractivity contribution >= 4 is 11.8 Å². The van der Waals surface area contributed by atoms with Crippen LogP contribution in [0.3, 0.4) is 0 Å². The van der Waals surface area contributed by atoms with Crippen molar-refractivity contribution in [2.24, 2.45) is 0 Å². The van der Waals surface area contributed by atoms with Gasteiger partial charge in [0.2, 0.25) is 0 Å². The molecule has 5 heteroatoms. The van der Waals surface area contributed by atoms with E-state index in [4.69, 9.17) is 5.73 Å². The Hall–Kier alpha value is -1.65. The van der Waals surface area contributed by atoms with Crippen molar-refractivity contribution in [2.45, 2.75) is 12.8 Å². The molecule has 1 rings (SSSR count). The maximum atomic E-state index is 11.1. The Balaban J connectivity index is 2.83. The molecule has 0 radical (unpaired) electrons. The molecule has 0 aromatic carbocycles. The van der Waals surface area contributed by atoms with E-state index < -0.39 is 5.92 Å². The molecule has 0 aliphatic rings. The fraction of sp³-hybridized carbons (Fsp3) is 0.375. The summed E-state index contributed by atoms with van der Waals surface area (Å²) in [6.07, 6.45) is 2.88. The number of hydrogen-bond donors (Lipinski definition) is 1. The molecule has 0 aliphatic carbocycles. The zero-order chi connectivity index (χ0) is 9.84. The summed E-state index contributed by atoms with van der Waals surface area (Å²) >= 11 is 0. The Morgan fingerprint density at radius 3 is 2.69 bits per heavy atom. The maximum absolute atomic E-state index is 11.1. The van der Waals surface area contributed by atoms with Gasteiger partial charge in [-0.3, -0.25) is 9.78 Å². The van der Waals surface area contributed by atoms with Crippen molar-refractivity contribution in [3.05, 3.63) is 18.1 Å². The zero-order valence-corrected chi connectivity index (χ0v) is 7.52. The highest BCUT2D eigenvalue weighted by Gasteiger charge is 2.16. The zero-order valence-electron chi connectivity index (χ0n) is 7.52. The first-order valence-electron chi connectivity index (χ1n) is 3.80. The van der Waals surface area contributed by atoms with Gasteiger partial charge in [0, 0.05) is 0 Å². The van der Waals surface area contributed by atoms with E-state index in [0.717, 1.165) is 0 Å². The van der Waals surface area contributed by atoms with Crippen LogP contribution in [0, 0.1) is 0 Å². The molecule has 0 saturated carbocycles. The monoisotopic (exact) mass is 181 g/mol. The molecule has 1 heterocycles. The van der Waals surface area contributed by atoms with Crippen LogP contribution >= 0.6 is 0 Å². The number of rotatable bonds is 2. The number of nitrogens with zero attached hydrogens (tertiary/aromatic N) is 2. The number of hydrogen-bond acceptors (Lipinski definition) is 5. The number of carbonyl (C=O) groups excluding carboxylic acids is 1. The Kier molecular flexibility index (Phi) is 2.79. The number of methoxy groups -OCH3 is 1. The Labute approximate surface area is 75.9 Å². The highest BCUT2D eigenvalue weighted by molar-refractivity contribution is 5.76. The minimum absolute atomic E-state index is 0.334. The van der Waals surface area contributed by atoms with Gasteiger partial charge in [0.1, 0.15) is 5.82 Å². The van der Waals surface area contributed by atoms with E-state index in [1.165, 1.54) is 19.5 Å². The van der Waals surface area contributed by atoms with E-state index in [1.807, 2.05) is 0 Å². The summed E-state index contributed by atoms with van der Waals surface area (Å²) in [6, 6.07) is 0. The minimum atomic E-state index is -0.405. The van der Waals surface area contributed by atoms with Gasteiger partial charge in [0.25, 0.3) is 0 Å². The lowest BCUT2D eigenvalue weighted by atomic mass is 10.1. The van der Waals surface area contributed by atoms with Crippen molar-refractivity contribution in [3.63, 3.8) is 0 Å². The molecule has 2 N–H and O–H groups in total. The summed E-state index contributed by atoms with van der Waals surface area (Å²) in [5.41, 5.74) is 5.90. The van der Waals surface area contributed by atoms with Crippen LogP contribution in [0.15, 0.2) is 12.4 Å². The first kappa shape index (κ1) is 9.44. The number of nitrogen functional groups attached to an aromatic ring is 1. The third kappa shape index (κ3) is 2.14. The van der Waals surface area contributed by atoms with Crippen LogP contribution in [0.4, 0.5) is 5.82 Å². The first-order chi connectivity index (χ1) is 6.15. The fourth-order valence-corrected chi connectivity index (χ4v) is 0.869. The number of anilines is 1. The third-order valence-corrected chi connectivity index (χ3v) is 1.69. The molecule has 1 unspecified atom stereocenters. The average Bonchev–Trinajstić information content (AvgIpc) is 2.17. The van der Waals surface area contributed by atoms with Gasteiger partial charge in [-0.25, -0.2) is 4.98 Å². The van der Waals surface area contributed by atoms with Gasteiger partial charge < -0.3 is 10.5 Å². The second-order valence-corrected chi connectivity index (χ2v) is 2.61. The normalized spacial score (nSPS) is 12.2. The van der Waals surface area contributed by atoms with Crippen LogP contribution in [-0.2, 0) is 9.53 Å². The lowest BCUT2D eigenvalue weighted by molar-refractivity contribution is -0.142. The van der Waals surface area contributed by atoms with Gasteiger partial charge in [-0.1, -0.05) is 0 Å². The summed E-state index contributed by atoms with van der Waals surface area (Å²) < 4.78 is 4.56. The van der Waals surface area contributed by atoms with E-state index in [9.17, 15) is 4.79 Å². The molecule has 0 fully saturated rings. The number of esters is 1. The van der Waals surface area contributed by atoms with Crippen LogP contribution < -0.4 is 5.73 Å². The number of ether oxygens (including phenoxy) is 1. The van der Waals surface area contributed by atoms with Crippen LogP contribution in [-0.4, -0.2) is 23.0 Å². The first-order valence-corrected chi connectivity index (χ1v) is 3.80. The molecule has 1 aromatic heterocycles. The molecule has 0 saturated heterocycles. The van der Waals surface area contributed by atoms with Gasteiger partial charge in [0.15, 0.2) is 0 Å². The molecule has 1 aromatic rings. The summed E-state index contributed by atoms with van der Waals surface area (Å²) in [6.45, 7) is 1.70. The van der Waals surface area contributed by atoms with Crippen molar-refractivity contribution in [1.29, 1.82) is 0 Å². The molecule has 5 nitrogen and oxygen atoms in total. The Bertz CT molecular complexity index is 297. The maximum Gasteiger partial charge on any atom is 0.314 e. The lowest BCUT2D eigenvalue weighted by Crippen LogP contribution is -2.12. The van der Waals surface area contributed by atoms with Crippen LogP contribution in [0.1, 0.15) is 18.5 Å². The van der Waals surface area contributed by atoms with E-state index in [-0.39, 0.29) is 5.97 Å². The molecule has 13 heavy (non-hydrogen) atoms. The fourth-order valence-electron chi connectivity index (χ4n) is 0.869. The molecule has 1 atom stereocenters. The predicted octanol–water partition coefficient (Wildman–Crippen LogP) is 0.335. The van der Waals surface area contributed by atoms with E-state index in [0.29, 0.717) is 11.5 Å². The summed E-state index contributed by atoms with van der Waals surface area (Å²) in [7, 11) is 1.34. The van der Waals surface area contributed by atoms with Gasteiger partial charge in [-0.05, 0) is 6.92 Å². The lowest BCUT2D eigenvalue weighted by Gasteiger charge is -2.07. The second kappa shape index (κ2) is 3.84. The van der Waals surface area contributed by atoms with Crippen LogP contribution in [0.5, 0.6) is 0 Å². The molecule has 0 spiro atoms. The van der Waals surface area contributed by atoms with Crippen molar-refractivity contribution in [1.82, 2.24) is 9.97 Å². The standard InChI is InChI=1S/C8H11N3O2/c1-5(8(12)13-2)6-3-11-7(9)4-10-6/h3-5H,1-2H3,(H2,9,11). The molecule has 0 amide bonds. The average molecular weight is 181 g/mol. The Morgan fingerprint density at radius 1 is 1.54 bits per heavy atom. The SMILES string of the molecule is COC(=O)C(C)c1cnc(N)cn1. The summed E-state index contributed by atoms with van der Waals surface area (Å²) in [5, 5.41) is 0. The van der Waals surface area contributed by atoms with Gasteiger partial charge in [0.05, 0.1) is 31.1 Å². The predicted molar refractivity (Wildman–Crippen MR) is 46.9 cm³/mol. The molecule has 0 bridgehead atoms. The summed E-state index contributed by atoms with van der Waals surface area (Å²) in [4.78, 5) is 18.9. The highest BCUT2D eigenvalue weighted by Crippen LogP contribution is 2.12. The number of nitrogens with two attached hydrogens (primary N) is 1. The third-order valence-electron chi connectivity index (χ3n) is 1.69. The number of aromatic nitrogens is 2. The van der Waals surface area contributed by atoms with E-state index >= 15 is 0 Å². The topological polar surface area (TPSA) is 78.1 Å². The second-order valence-electron chi connectivity index (χ2n) is 2.61. The highest BCUT2D eigenvalue weighted by atomic mass is 16.5. The van der Waals surface area contributed by atoms with Crippen LogP contribution in [0.2, 0.25) is 0 Å². The number of carbonyl (C=O) groups is 1. The van der Waals surface area contributed by atoms with E-state index in [1.54, 1.807) is 6.92 Å². The molecule has 70 valence electrons. The quantitative estimate of drug-likeness (QED) is 0.665. The largest absolute Gasteiger partial charge is 0.469 e. The van der Waals surface area contributed by atoms with Crippen LogP contribution in [0.25, 0.3) is 0 Å². The van der Waals surface area contributed by atoms with Crippen molar-refractivity contribution < 1.29 is 9.53 Å². The van der Waals surface area contributed by atoms with Crippen molar-refractivity contribution in [2.75, 3.05) is 12.8 Å². The van der Waals surface area contributed by atoms with Gasteiger partial charge >= 0.3 is 5.97 Å². The minimum Gasteiger partial charge on any atom is -0.469 e. The van der Waals surface area contributed by atoms with E-state index in [2.05, 4.69) is 14.7 Å². The molecule has 0 aliphatic heterocycles. The van der Waals surface area contributed by atoms with Gasteiger partial charge in [-0.15, -0.1) is 0 Å². The van der Waals surface area contributed by atoms with Gasteiger partial charge in [-0.2, -0.15) is 0 Å². The molecular formula is C8H11N3O2. The smallest absolute Gasteiger partial charge is 0.314 e. The summed E-state index contributed by atoms with van der Waals surface area (Å²) in [5.74, 6) is -0.405. The van der Waals surface area contributed by atoms with Crippen molar-refractivity contribution in [3.8, 4) is 0 Å². The molecular weight excluding hydrogens is 170 g/mol. The Morgan fingerprint density at radius 2 is 2.23 bits per heavy atom.